The van der Waals surface area contributed by atoms with Crippen molar-refractivity contribution in [1.29, 1.82) is 0 Å². The lowest BCUT2D eigenvalue weighted by Gasteiger charge is -2.20. The van der Waals surface area contributed by atoms with Gasteiger partial charge in [-0.15, -0.1) is 0 Å². The average molecular weight is 340 g/mol. The van der Waals surface area contributed by atoms with Crippen LogP contribution in [0.3, 0.4) is 0 Å². The van der Waals surface area contributed by atoms with Crippen molar-refractivity contribution in [2.75, 3.05) is 23.9 Å². The minimum atomic E-state index is -0.773. The Morgan fingerprint density at radius 1 is 1.08 bits per heavy atom. The first-order valence-corrected chi connectivity index (χ1v) is 7.84. The summed E-state index contributed by atoms with van der Waals surface area (Å²) in [6.45, 7) is 4.07. The molecule has 0 aliphatic carbocycles. The second-order valence-electron chi connectivity index (χ2n) is 5.41. The molecule has 0 aliphatic rings. The molecular weight excluding hydrogens is 320 g/mol. The van der Waals surface area contributed by atoms with Crippen LogP contribution < -0.4 is 10.2 Å². The third-order valence-electron chi connectivity index (χ3n) is 3.61. The molecule has 0 heterocycles. The van der Waals surface area contributed by atoms with Gasteiger partial charge < -0.3 is 15.0 Å². The Bertz CT molecular complexity index is 802. The molecule has 6 nitrogen and oxygen atoms in total. The highest BCUT2D eigenvalue weighted by molar-refractivity contribution is 6.44. The first-order chi connectivity index (χ1) is 12.0. The Balaban J connectivity index is 2.16. The van der Waals surface area contributed by atoms with Crippen LogP contribution in [0.1, 0.15) is 22.8 Å². The predicted octanol–water partition coefficient (Wildman–Crippen LogP) is 2.77. The molecule has 2 aromatic carbocycles. The van der Waals surface area contributed by atoms with Gasteiger partial charge in [-0.05, 0) is 49.7 Å². The average Bonchev–Trinajstić information content (AvgIpc) is 2.61. The van der Waals surface area contributed by atoms with Crippen LogP contribution in [0.15, 0.2) is 48.5 Å². The molecule has 0 radical (unpaired) electrons. The summed E-state index contributed by atoms with van der Waals surface area (Å²) >= 11 is 0. The zero-order chi connectivity index (χ0) is 18.4. The summed E-state index contributed by atoms with van der Waals surface area (Å²) < 4.78 is 4.64. The van der Waals surface area contributed by atoms with Gasteiger partial charge in [0, 0.05) is 17.9 Å². The van der Waals surface area contributed by atoms with Crippen molar-refractivity contribution in [1.82, 2.24) is 0 Å². The molecule has 2 amide bonds. The van der Waals surface area contributed by atoms with Gasteiger partial charge in [0.1, 0.15) is 0 Å². The summed E-state index contributed by atoms with van der Waals surface area (Å²) in [7, 11) is 1.28. The fraction of sp³-hybridized carbons (Fsp3) is 0.211. The highest BCUT2D eigenvalue weighted by Crippen LogP contribution is 2.17. The van der Waals surface area contributed by atoms with Crippen LogP contribution in [0.5, 0.6) is 0 Å². The first-order valence-electron chi connectivity index (χ1n) is 7.84. The van der Waals surface area contributed by atoms with Crippen LogP contribution in [-0.2, 0) is 14.3 Å². The van der Waals surface area contributed by atoms with Crippen LogP contribution in [0.2, 0.25) is 0 Å². The van der Waals surface area contributed by atoms with Crippen LogP contribution >= 0.6 is 0 Å². The number of likely N-dealkylation sites (N-methyl/N-ethyl adjacent to an activating group) is 1. The zero-order valence-corrected chi connectivity index (χ0v) is 14.4. The van der Waals surface area contributed by atoms with Gasteiger partial charge in [0.15, 0.2) is 0 Å². The number of aryl methyl sites for hydroxylation is 1. The van der Waals surface area contributed by atoms with Crippen molar-refractivity contribution in [3.05, 3.63) is 59.7 Å². The monoisotopic (exact) mass is 340 g/mol. The third kappa shape index (κ3) is 4.44. The summed E-state index contributed by atoms with van der Waals surface area (Å²) in [6, 6.07) is 13.6. The molecule has 25 heavy (non-hydrogen) atoms. The number of ether oxygens (including phenoxy) is 1. The Morgan fingerprint density at radius 2 is 1.80 bits per heavy atom. The molecule has 0 unspecified atom stereocenters. The Kier molecular flexibility index (Phi) is 5.89. The number of carbonyl (C=O) groups is 3. The smallest absolute Gasteiger partial charge is 0.337 e. The number of nitrogens with one attached hydrogen (secondary N) is 1. The lowest BCUT2D eigenvalue weighted by Crippen LogP contribution is -2.39. The highest BCUT2D eigenvalue weighted by Gasteiger charge is 2.22. The van der Waals surface area contributed by atoms with Crippen LogP contribution in [0, 0.1) is 6.92 Å². The molecule has 0 saturated heterocycles. The van der Waals surface area contributed by atoms with E-state index in [9.17, 15) is 14.4 Å². The van der Waals surface area contributed by atoms with Gasteiger partial charge in [-0.1, -0.05) is 18.2 Å². The number of rotatable bonds is 4. The van der Waals surface area contributed by atoms with Gasteiger partial charge in [0.05, 0.1) is 12.7 Å². The maximum atomic E-state index is 12.5. The number of hydrogen-bond donors (Lipinski definition) is 1. The number of anilines is 2. The fourth-order valence-electron chi connectivity index (χ4n) is 2.39. The zero-order valence-electron chi connectivity index (χ0n) is 14.4. The van der Waals surface area contributed by atoms with E-state index in [1.807, 2.05) is 25.1 Å². The lowest BCUT2D eigenvalue weighted by atomic mass is 10.2. The molecule has 6 heteroatoms. The maximum absolute atomic E-state index is 12.5. The molecule has 2 aromatic rings. The molecule has 0 aromatic heterocycles. The number of esters is 1. The number of methoxy groups -OCH3 is 1. The number of benzene rings is 2. The molecule has 130 valence electrons. The Morgan fingerprint density at radius 3 is 2.44 bits per heavy atom. The summed E-state index contributed by atoms with van der Waals surface area (Å²) in [4.78, 5) is 37.7. The van der Waals surface area contributed by atoms with Gasteiger partial charge in [-0.25, -0.2) is 4.79 Å². The molecule has 0 bridgehead atoms. The molecule has 1 N–H and O–H groups in total. The van der Waals surface area contributed by atoms with Gasteiger partial charge in [-0.2, -0.15) is 0 Å². The van der Waals surface area contributed by atoms with E-state index in [4.69, 9.17) is 0 Å². The Hall–Kier alpha value is -3.15. The molecule has 2 rings (SSSR count). The van der Waals surface area contributed by atoms with E-state index < -0.39 is 17.8 Å². The molecule has 0 atom stereocenters. The SMILES string of the molecule is CCN(C(=O)C(=O)Nc1cccc(C(=O)OC)c1)c1cccc(C)c1. The topological polar surface area (TPSA) is 75.7 Å². The van der Waals surface area contributed by atoms with Gasteiger partial charge >= 0.3 is 17.8 Å². The number of carbonyl (C=O) groups excluding carboxylic acids is 3. The molecule has 0 saturated carbocycles. The minimum absolute atomic E-state index is 0.291. The largest absolute Gasteiger partial charge is 0.465 e. The van der Waals surface area contributed by atoms with E-state index in [0.29, 0.717) is 23.5 Å². The van der Waals surface area contributed by atoms with Crippen molar-refractivity contribution >= 4 is 29.2 Å². The molecule has 0 fully saturated rings. The summed E-state index contributed by atoms with van der Waals surface area (Å²) in [6.07, 6.45) is 0. The Labute approximate surface area is 146 Å². The minimum Gasteiger partial charge on any atom is -0.465 e. The number of nitrogens with zero attached hydrogens (tertiary/aromatic N) is 1. The van der Waals surface area contributed by atoms with Crippen molar-refractivity contribution in [2.45, 2.75) is 13.8 Å². The maximum Gasteiger partial charge on any atom is 0.337 e. The number of amides is 2. The van der Waals surface area contributed by atoms with E-state index in [1.54, 1.807) is 31.2 Å². The van der Waals surface area contributed by atoms with E-state index in [2.05, 4.69) is 10.1 Å². The molecule has 0 spiro atoms. The van der Waals surface area contributed by atoms with Crippen LogP contribution in [0.4, 0.5) is 11.4 Å². The normalized spacial score (nSPS) is 10.0. The van der Waals surface area contributed by atoms with E-state index >= 15 is 0 Å². The third-order valence-corrected chi connectivity index (χ3v) is 3.61. The van der Waals surface area contributed by atoms with E-state index in [-0.39, 0.29) is 0 Å². The quantitative estimate of drug-likeness (QED) is 0.686. The number of hydrogen-bond acceptors (Lipinski definition) is 4. The van der Waals surface area contributed by atoms with Crippen molar-refractivity contribution in [3.8, 4) is 0 Å². The van der Waals surface area contributed by atoms with Crippen molar-refractivity contribution < 1.29 is 19.1 Å². The second-order valence-corrected chi connectivity index (χ2v) is 5.41. The van der Waals surface area contributed by atoms with Crippen LogP contribution in [-0.4, -0.2) is 31.4 Å². The summed E-state index contributed by atoms with van der Waals surface area (Å²) in [5.74, 6) is -1.96. The van der Waals surface area contributed by atoms with Gasteiger partial charge in [0.25, 0.3) is 0 Å². The van der Waals surface area contributed by atoms with Gasteiger partial charge in [-0.3, -0.25) is 9.59 Å². The lowest BCUT2D eigenvalue weighted by molar-refractivity contribution is -0.134. The van der Waals surface area contributed by atoms with E-state index in [0.717, 1.165) is 5.56 Å². The second kappa shape index (κ2) is 8.10. The summed E-state index contributed by atoms with van der Waals surface area (Å²) in [5.41, 5.74) is 2.29. The standard InChI is InChI=1S/C19H20N2O4/c1-4-21(16-10-5-7-13(2)11-16)18(23)17(22)20-15-9-6-8-14(12-15)19(24)25-3/h5-12H,4H2,1-3H3,(H,20,22). The first kappa shape index (κ1) is 18.2. The fourth-order valence-corrected chi connectivity index (χ4v) is 2.39. The van der Waals surface area contributed by atoms with Crippen molar-refractivity contribution in [2.24, 2.45) is 0 Å². The predicted molar refractivity (Wildman–Crippen MR) is 95.6 cm³/mol. The van der Waals surface area contributed by atoms with E-state index in [1.165, 1.54) is 18.1 Å². The molecular formula is C19H20N2O4. The highest BCUT2D eigenvalue weighted by atomic mass is 16.5. The van der Waals surface area contributed by atoms with Crippen LogP contribution in [0.25, 0.3) is 0 Å². The van der Waals surface area contributed by atoms with Gasteiger partial charge in [0.2, 0.25) is 0 Å². The van der Waals surface area contributed by atoms with Crippen molar-refractivity contribution in [3.63, 3.8) is 0 Å². The molecule has 0 aliphatic heterocycles. The summed E-state index contributed by atoms with van der Waals surface area (Å²) in [5, 5.41) is 2.52.